The second kappa shape index (κ2) is 7.27. The molecule has 120 valence electrons. The molecule has 0 unspecified atom stereocenters. The van der Waals surface area contributed by atoms with E-state index in [9.17, 15) is 4.79 Å². The topological polar surface area (TPSA) is 47.6 Å². The first-order valence-corrected chi connectivity index (χ1v) is 8.94. The van der Waals surface area contributed by atoms with Crippen LogP contribution in [0.5, 0.6) is 11.5 Å². The quantitative estimate of drug-likeness (QED) is 0.782. The van der Waals surface area contributed by atoms with Crippen molar-refractivity contribution in [2.75, 3.05) is 12.5 Å². The van der Waals surface area contributed by atoms with Crippen LogP contribution in [0.3, 0.4) is 0 Å². The molecule has 23 heavy (non-hydrogen) atoms. The Balaban J connectivity index is 1.50. The lowest BCUT2D eigenvalue weighted by Crippen LogP contribution is -2.24. The number of halogens is 1. The maximum Gasteiger partial charge on any atom is 0.231 e. The first-order valence-electron chi connectivity index (χ1n) is 7.16. The van der Waals surface area contributed by atoms with Gasteiger partial charge >= 0.3 is 0 Å². The Kier molecular flexibility index (Phi) is 5.13. The van der Waals surface area contributed by atoms with Gasteiger partial charge in [-0.05, 0) is 48.4 Å². The maximum atomic E-state index is 12.0. The van der Waals surface area contributed by atoms with Gasteiger partial charge in [0.15, 0.2) is 11.5 Å². The molecule has 0 saturated carbocycles. The number of aryl methyl sites for hydroxylation is 1. The van der Waals surface area contributed by atoms with E-state index >= 15 is 0 Å². The minimum atomic E-state index is 0.00925. The van der Waals surface area contributed by atoms with Gasteiger partial charge in [0.05, 0.1) is 5.75 Å². The highest BCUT2D eigenvalue weighted by atomic mass is 79.9. The van der Waals surface area contributed by atoms with Crippen LogP contribution in [0.4, 0.5) is 0 Å². The molecule has 0 saturated heterocycles. The lowest BCUT2D eigenvalue weighted by Gasteiger charge is -2.08. The van der Waals surface area contributed by atoms with Crippen LogP contribution >= 0.6 is 27.7 Å². The van der Waals surface area contributed by atoms with Gasteiger partial charge in [-0.2, -0.15) is 0 Å². The van der Waals surface area contributed by atoms with Gasteiger partial charge in [-0.15, -0.1) is 11.8 Å². The van der Waals surface area contributed by atoms with Crippen LogP contribution in [-0.2, 0) is 11.3 Å². The van der Waals surface area contributed by atoms with Crippen molar-refractivity contribution in [1.82, 2.24) is 5.32 Å². The van der Waals surface area contributed by atoms with Crippen molar-refractivity contribution >= 4 is 33.6 Å². The fourth-order valence-corrected chi connectivity index (χ4v) is 3.54. The van der Waals surface area contributed by atoms with Crippen LogP contribution in [0.15, 0.2) is 45.8 Å². The number of carbonyl (C=O) groups is 1. The molecule has 4 nitrogen and oxygen atoms in total. The number of nitrogens with one attached hydrogen (secondary N) is 1. The fraction of sp³-hybridized carbons (Fsp3) is 0.235. The summed E-state index contributed by atoms with van der Waals surface area (Å²) >= 11 is 4.98. The number of thioether (sulfide) groups is 1. The van der Waals surface area contributed by atoms with E-state index in [2.05, 4.69) is 21.2 Å². The van der Waals surface area contributed by atoms with Gasteiger partial charge < -0.3 is 14.8 Å². The van der Waals surface area contributed by atoms with Gasteiger partial charge in [0.2, 0.25) is 12.7 Å². The van der Waals surface area contributed by atoms with Gasteiger partial charge in [0.25, 0.3) is 0 Å². The largest absolute Gasteiger partial charge is 0.454 e. The monoisotopic (exact) mass is 393 g/mol. The predicted octanol–water partition coefficient (Wildman–Crippen LogP) is 3.89. The molecular weight excluding hydrogens is 378 g/mol. The zero-order valence-electron chi connectivity index (χ0n) is 12.6. The average molecular weight is 394 g/mol. The molecular formula is C17H16BrNO3S. The highest BCUT2D eigenvalue weighted by molar-refractivity contribution is 9.10. The smallest absolute Gasteiger partial charge is 0.231 e. The molecule has 0 atom stereocenters. The van der Waals surface area contributed by atoms with Crippen molar-refractivity contribution in [1.29, 1.82) is 0 Å². The van der Waals surface area contributed by atoms with Crippen molar-refractivity contribution < 1.29 is 14.3 Å². The van der Waals surface area contributed by atoms with E-state index < -0.39 is 0 Å². The Morgan fingerprint density at radius 2 is 2.04 bits per heavy atom. The summed E-state index contributed by atoms with van der Waals surface area (Å²) in [5.41, 5.74) is 2.15. The lowest BCUT2D eigenvalue weighted by molar-refractivity contribution is -0.118. The van der Waals surface area contributed by atoms with Crippen molar-refractivity contribution in [3.8, 4) is 11.5 Å². The fourth-order valence-electron chi connectivity index (χ4n) is 2.22. The third-order valence-electron chi connectivity index (χ3n) is 3.42. The number of amides is 1. The van der Waals surface area contributed by atoms with Gasteiger partial charge in [-0.1, -0.05) is 22.0 Å². The number of hydrogen-bond donors (Lipinski definition) is 1. The Hall–Kier alpha value is -1.66. The van der Waals surface area contributed by atoms with Crippen molar-refractivity contribution in [2.24, 2.45) is 0 Å². The van der Waals surface area contributed by atoms with Crippen LogP contribution in [0, 0.1) is 6.92 Å². The first-order chi connectivity index (χ1) is 11.1. The Morgan fingerprint density at radius 3 is 2.87 bits per heavy atom. The first kappa shape index (κ1) is 16.2. The predicted molar refractivity (Wildman–Crippen MR) is 94.0 cm³/mol. The maximum absolute atomic E-state index is 12.0. The number of benzene rings is 2. The van der Waals surface area contributed by atoms with E-state index in [0.29, 0.717) is 12.3 Å². The number of fused-ring (bicyclic) bond motifs is 1. The molecule has 6 heteroatoms. The summed E-state index contributed by atoms with van der Waals surface area (Å²) in [6.45, 7) is 2.78. The van der Waals surface area contributed by atoms with Crippen LogP contribution in [0.1, 0.15) is 11.1 Å². The molecule has 3 rings (SSSR count). The zero-order valence-corrected chi connectivity index (χ0v) is 15.0. The molecule has 1 amide bonds. The number of hydrogen-bond acceptors (Lipinski definition) is 4. The second-order valence-corrected chi connectivity index (χ2v) is 7.10. The van der Waals surface area contributed by atoms with Crippen molar-refractivity contribution in [2.45, 2.75) is 18.4 Å². The summed E-state index contributed by atoms with van der Waals surface area (Å²) in [5.74, 6) is 1.89. The van der Waals surface area contributed by atoms with E-state index in [1.807, 2.05) is 43.3 Å². The zero-order chi connectivity index (χ0) is 16.2. The van der Waals surface area contributed by atoms with E-state index in [-0.39, 0.29) is 12.7 Å². The Morgan fingerprint density at radius 1 is 1.22 bits per heavy atom. The second-order valence-electron chi connectivity index (χ2n) is 5.16. The van der Waals surface area contributed by atoms with E-state index in [1.54, 1.807) is 11.8 Å². The molecule has 1 aliphatic rings. The summed E-state index contributed by atoms with van der Waals surface area (Å²) < 4.78 is 11.6. The average Bonchev–Trinajstić information content (AvgIpc) is 2.99. The van der Waals surface area contributed by atoms with E-state index in [1.165, 1.54) is 0 Å². The highest BCUT2D eigenvalue weighted by Gasteiger charge is 2.13. The minimum Gasteiger partial charge on any atom is -0.454 e. The normalized spacial score (nSPS) is 12.3. The van der Waals surface area contributed by atoms with Crippen LogP contribution < -0.4 is 14.8 Å². The molecule has 0 radical (unpaired) electrons. The van der Waals surface area contributed by atoms with Crippen LogP contribution in [0.2, 0.25) is 0 Å². The van der Waals surface area contributed by atoms with Gasteiger partial charge in [-0.25, -0.2) is 0 Å². The van der Waals surface area contributed by atoms with Gasteiger partial charge in [0, 0.05) is 15.9 Å². The lowest BCUT2D eigenvalue weighted by atomic mass is 10.2. The molecule has 0 bridgehead atoms. The van der Waals surface area contributed by atoms with Gasteiger partial charge in [-0.3, -0.25) is 4.79 Å². The molecule has 0 fully saturated rings. The van der Waals surface area contributed by atoms with Crippen molar-refractivity contribution in [3.05, 3.63) is 52.0 Å². The van der Waals surface area contributed by atoms with Crippen LogP contribution in [0.25, 0.3) is 0 Å². The standard InChI is InChI=1S/C17H16BrNO3S/c1-11-6-13(18)3-5-16(11)23-9-17(20)19-8-12-2-4-14-15(7-12)22-10-21-14/h2-7H,8-10H2,1H3,(H,19,20). The minimum absolute atomic E-state index is 0.00925. The van der Waals surface area contributed by atoms with Crippen molar-refractivity contribution in [3.63, 3.8) is 0 Å². The highest BCUT2D eigenvalue weighted by Crippen LogP contribution is 2.32. The molecule has 1 aliphatic heterocycles. The summed E-state index contributed by atoms with van der Waals surface area (Å²) in [6.07, 6.45) is 0. The summed E-state index contributed by atoms with van der Waals surface area (Å²) in [6, 6.07) is 11.8. The number of ether oxygens (including phenoxy) is 2. The van der Waals surface area contributed by atoms with E-state index in [4.69, 9.17) is 9.47 Å². The summed E-state index contributed by atoms with van der Waals surface area (Å²) in [5, 5.41) is 2.93. The molecule has 0 spiro atoms. The number of rotatable bonds is 5. The molecule has 2 aromatic carbocycles. The third-order valence-corrected chi connectivity index (χ3v) is 5.09. The Bertz CT molecular complexity index is 736. The summed E-state index contributed by atoms with van der Waals surface area (Å²) in [4.78, 5) is 13.1. The molecule has 1 heterocycles. The van der Waals surface area contributed by atoms with Crippen LogP contribution in [-0.4, -0.2) is 18.5 Å². The molecule has 0 aromatic heterocycles. The SMILES string of the molecule is Cc1cc(Br)ccc1SCC(=O)NCc1ccc2c(c1)OCO2. The third kappa shape index (κ3) is 4.20. The van der Waals surface area contributed by atoms with Gasteiger partial charge in [0.1, 0.15) is 0 Å². The molecule has 0 aliphatic carbocycles. The number of carbonyl (C=O) groups excluding carboxylic acids is 1. The summed E-state index contributed by atoms with van der Waals surface area (Å²) in [7, 11) is 0. The van der Waals surface area contributed by atoms with E-state index in [0.717, 1.165) is 32.0 Å². The molecule has 1 N–H and O–H groups in total. The molecule has 2 aromatic rings. The Labute approximate surface area is 147 Å².